The monoisotopic (exact) mass is 514 g/mol. The number of likely N-dealkylation sites (tertiary alicyclic amines) is 1. The van der Waals surface area contributed by atoms with Crippen LogP contribution < -0.4 is 16.0 Å². The maximum absolute atomic E-state index is 12.8. The maximum atomic E-state index is 12.8. The van der Waals surface area contributed by atoms with E-state index in [1.54, 1.807) is 31.0 Å². The molecule has 4 aromatic heterocycles. The number of aromatic nitrogens is 6. The van der Waals surface area contributed by atoms with E-state index in [9.17, 15) is 4.79 Å². The minimum Gasteiger partial charge on any atom is -0.378 e. The number of pyridine rings is 1. The summed E-state index contributed by atoms with van der Waals surface area (Å²) in [7, 11) is 0. The molecule has 0 unspecified atom stereocenters. The quantitative estimate of drug-likeness (QED) is 0.347. The number of carbonyl (C=O) groups excluding carboxylic acids is 1. The molecule has 12 nitrogen and oxygen atoms in total. The molecule has 2 aliphatic rings. The fourth-order valence-corrected chi connectivity index (χ4v) is 5.00. The van der Waals surface area contributed by atoms with Crippen molar-refractivity contribution in [2.24, 2.45) is 5.73 Å². The molecule has 0 aromatic carbocycles. The van der Waals surface area contributed by atoms with Gasteiger partial charge in [-0.1, -0.05) is 0 Å². The van der Waals surface area contributed by atoms with Crippen LogP contribution >= 0.6 is 0 Å². The highest BCUT2D eigenvalue weighted by Gasteiger charge is 2.19. The minimum atomic E-state index is -0.356. The van der Waals surface area contributed by atoms with Crippen LogP contribution in [0.25, 0.3) is 22.3 Å². The largest absolute Gasteiger partial charge is 0.378 e. The average molecular weight is 515 g/mol. The topological polar surface area (TPSA) is 151 Å². The Labute approximate surface area is 219 Å². The number of H-pyrrole nitrogens is 1. The number of fused-ring (bicyclic) bond motifs is 1. The van der Waals surface area contributed by atoms with Crippen molar-refractivity contribution in [2.45, 2.75) is 25.4 Å². The van der Waals surface area contributed by atoms with Gasteiger partial charge in [-0.25, -0.2) is 19.9 Å². The third kappa shape index (κ3) is 5.32. The molecule has 0 bridgehead atoms. The summed E-state index contributed by atoms with van der Waals surface area (Å²) in [6, 6.07) is 5.94. The fraction of sp³-hybridized carbons (Fsp3) is 0.385. The van der Waals surface area contributed by atoms with Crippen molar-refractivity contribution in [1.29, 1.82) is 0 Å². The zero-order chi connectivity index (χ0) is 25.9. The summed E-state index contributed by atoms with van der Waals surface area (Å²) < 4.78 is 5.47. The number of hydrogen-bond acceptors (Lipinski definition) is 10. The van der Waals surface area contributed by atoms with Gasteiger partial charge in [-0.3, -0.25) is 20.0 Å². The Morgan fingerprint density at radius 1 is 1.11 bits per heavy atom. The van der Waals surface area contributed by atoms with Gasteiger partial charge in [0.1, 0.15) is 23.5 Å². The van der Waals surface area contributed by atoms with Crippen molar-refractivity contribution < 1.29 is 9.53 Å². The molecule has 12 heteroatoms. The Bertz CT molecular complexity index is 1420. The van der Waals surface area contributed by atoms with E-state index in [0.29, 0.717) is 18.9 Å². The fourth-order valence-electron chi connectivity index (χ4n) is 5.00. The van der Waals surface area contributed by atoms with E-state index >= 15 is 0 Å². The molecule has 2 aliphatic heterocycles. The molecule has 6 rings (SSSR count). The maximum Gasteiger partial charge on any atom is 0.276 e. The average Bonchev–Trinajstić information content (AvgIpc) is 3.39. The van der Waals surface area contributed by atoms with Crippen LogP contribution in [0.2, 0.25) is 0 Å². The molecule has 4 N–H and O–H groups in total. The second-order valence-corrected chi connectivity index (χ2v) is 9.68. The number of nitrogens with zero attached hydrogens (tertiary/aromatic N) is 7. The number of ether oxygens (including phenoxy) is 1. The van der Waals surface area contributed by atoms with E-state index < -0.39 is 0 Å². The molecule has 4 aromatic rings. The van der Waals surface area contributed by atoms with Crippen LogP contribution in [0.3, 0.4) is 0 Å². The highest BCUT2D eigenvalue weighted by Crippen LogP contribution is 2.28. The number of anilines is 2. The first-order valence-electron chi connectivity index (χ1n) is 12.9. The minimum absolute atomic E-state index is 0.206. The summed E-state index contributed by atoms with van der Waals surface area (Å²) in [6.45, 7) is 5.54. The van der Waals surface area contributed by atoms with Crippen molar-refractivity contribution in [1.82, 2.24) is 34.8 Å². The highest BCUT2D eigenvalue weighted by atomic mass is 16.5. The van der Waals surface area contributed by atoms with E-state index in [0.717, 1.165) is 79.2 Å². The van der Waals surface area contributed by atoms with Gasteiger partial charge in [0, 0.05) is 56.4 Å². The normalized spacial score (nSPS) is 18.6. The number of nitrogens with one attached hydrogen (secondary N) is 2. The molecule has 0 radical (unpaired) electrons. The van der Waals surface area contributed by atoms with Gasteiger partial charge in [0.2, 0.25) is 5.95 Å². The first-order valence-corrected chi connectivity index (χ1v) is 12.9. The predicted molar refractivity (Wildman–Crippen MR) is 143 cm³/mol. The van der Waals surface area contributed by atoms with Gasteiger partial charge in [-0.2, -0.15) is 0 Å². The van der Waals surface area contributed by atoms with Crippen LogP contribution in [-0.2, 0) is 11.3 Å². The Morgan fingerprint density at radius 3 is 2.76 bits per heavy atom. The van der Waals surface area contributed by atoms with Gasteiger partial charge >= 0.3 is 0 Å². The predicted octanol–water partition coefficient (Wildman–Crippen LogP) is 1.82. The molecule has 0 aliphatic carbocycles. The standard InChI is InChI=1S/C26H30N10O2/c27-19-2-1-5-35(15-19)14-17-3-4-28-22(10-17)25(37)34-26-29-12-18(13-30-26)21-11-20-23(33-21)31-16-32-24(20)36-6-8-38-9-7-36/h3-4,10-13,16,19H,1-2,5-9,14-15,27H2,(H,31,32,33)(H,29,30,34,37)/t19-/m1/s1. The van der Waals surface area contributed by atoms with Gasteiger partial charge in [0.15, 0.2) is 0 Å². The zero-order valence-corrected chi connectivity index (χ0v) is 21.0. The molecule has 6 heterocycles. The Balaban J connectivity index is 1.14. The number of aromatic amines is 1. The summed E-state index contributed by atoms with van der Waals surface area (Å²) in [5.74, 6) is 0.729. The van der Waals surface area contributed by atoms with E-state index in [-0.39, 0.29) is 17.9 Å². The van der Waals surface area contributed by atoms with Crippen molar-refractivity contribution in [3.8, 4) is 11.3 Å². The van der Waals surface area contributed by atoms with Gasteiger partial charge in [0.25, 0.3) is 5.91 Å². The lowest BCUT2D eigenvalue weighted by Gasteiger charge is -2.30. The van der Waals surface area contributed by atoms with Gasteiger partial charge in [0.05, 0.1) is 24.3 Å². The lowest BCUT2D eigenvalue weighted by molar-refractivity contribution is 0.102. The zero-order valence-electron chi connectivity index (χ0n) is 21.0. The third-order valence-corrected chi connectivity index (χ3v) is 6.91. The van der Waals surface area contributed by atoms with Crippen molar-refractivity contribution in [3.05, 3.63) is 54.4 Å². The summed E-state index contributed by atoms with van der Waals surface area (Å²) in [5.41, 5.74) is 9.78. The molecule has 2 saturated heterocycles. The lowest BCUT2D eigenvalue weighted by Crippen LogP contribution is -2.42. The number of hydrogen-bond donors (Lipinski definition) is 3. The number of morpholine rings is 1. The first-order chi connectivity index (χ1) is 18.6. The van der Waals surface area contributed by atoms with Crippen LogP contribution in [0.15, 0.2) is 43.1 Å². The second-order valence-electron chi connectivity index (χ2n) is 9.68. The summed E-state index contributed by atoms with van der Waals surface area (Å²) in [6.07, 6.45) is 8.70. The number of carbonyl (C=O) groups is 1. The third-order valence-electron chi connectivity index (χ3n) is 6.91. The number of rotatable bonds is 6. The van der Waals surface area contributed by atoms with Crippen molar-refractivity contribution in [2.75, 3.05) is 49.6 Å². The van der Waals surface area contributed by atoms with Crippen LogP contribution in [-0.4, -0.2) is 86.1 Å². The number of piperidine rings is 1. The SMILES string of the molecule is N[C@@H]1CCCN(Cc2ccnc(C(=O)Nc3ncc(-c4cc5c(N6CCOCC6)ncnc5[nH]4)cn3)c2)C1. The summed E-state index contributed by atoms with van der Waals surface area (Å²) in [4.78, 5) is 42.5. The Hall–Kier alpha value is -4.00. The molecular weight excluding hydrogens is 484 g/mol. The molecule has 0 saturated carbocycles. The summed E-state index contributed by atoms with van der Waals surface area (Å²) in [5, 5.41) is 3.68. The second kappa shape index (κ2) is 10.8. The van der Waals surface area contributed by atoms with E-state index in [2.05, 4.69) is 45.0 Å². The van der Waals surface area contributed by atoms with Crippen LogP contribution in [0, 0.1) is 0 Å². The van der Waals surface area contributed by atoms with Gasteiger partial charge in [-0.05, 0) is 43.1 Å². The molecule has 1 atom stereocenters. The molecular formula is C26H30N10O2. The smallest absolute Gasteiger partial charge is 0.276 e. The number of amides is 1. The molecule has 1 amide bonds. The van der Waals surface area contributed by atoms with E-state index in [1.807, 2.05) is 12.1 Å². The lowest BCUT2D eigenvalue weighted by atomic mass is 10.1. The van der Waals surface area contributed by atoms with E-state index in [4.69, 9.17) is 10.5 Å². The van der Waals surface area contributed by atoms with Gasteiger partial charge in [-0.15, -0.1) is 0 Å². The highest BCUT2D eigenvalue weighted by molar-refractivity contribution is 6.02. The van der Waals surface area contributed by atoms with E-state index in [1.165, 1.54) is 0 Å². The van der Waals surface area contributed by atoms with Crippen molar-refractivity contribution >= 4 is 28.7 Å². The molecule has 38 heavy (non-hydrogen) atoms. The number of nitrogens with two attached hydrogens (primary N) is 1. The van der Waals surface area contributed by atoms with Crippen molar-refractivity contribution in [3.63, 3.8) is 0 Å². The molecule has 196 valence electrons. The van der Waals surface area contributed by atoms with Gasteiger partial charge < -0.3 is 20.4 Å². The molecule has 2 fully saturated rings. The van der Waals surface area contributed by atoms with Crippen LogP contribution in [0.5, 0.6) is 0 Å². The van der Waals surface area contributed by atoms with Crippen LogP contribution in [0.1, 0.15) is 28.9 Å². The molecule has 0 spiro atoms. The first kappa shape index (κ1) is 24.3. The summed E-state index contributed by atoms with van der Waals surface area (Å²) >= 11 is 0. The van der Waals surface area contributed by atoms with Crippen LogP contribution in [0.4, 0.5) is 11.8 Å². The Kier molecular flexibility index (Phi) is 6.90. The Morgan fingerprint density at radius 2 is 1.95 bits per heavy atom.